The predicted octanol–water partition coefficient (Wildman–Crippen LogP) is -0.174. The van der Waals surface area contributed by atoms with Crippen LogP contribution in [0.25, 0.3) is 16.9 Å². The van der Waals surface area contributed by atoms with Gasteiger partial charge in [-0.15, -0.1) is 34.9 Å². The van der Waals surface area contributed by atoms with E-state index in [1.807, 2.05) is 0 Å². The zero-order chi connectivity index (χ0) is 36.7. The van der Waals surface area contributed by atoms with Crippen molar-refractivity contribution in [2.45, 2.75) is 23.0 Å². The molecule has 0 spiro atoms. The van der Waals surface area contributed by atoms with Gasteiger partial charge < -0.3 is 42.8 Å². The summed E-state index contributed by atoms with van der Waals surface area (Å²) < 4.78 is 1.59. The molecule has 0 unspecified atom stereocenters. The fourth-order valence-electron chi connectivity index (χ4n) is 5.41. The van der Waals surface area contributed by atoms with Gasteiger partial charge in [0.1, 0.15) is 34.4 Å². The fourth-order valence-corrected chi connectivity index (χ4v) is 8.46. The van der Waals surface area contributed by atoms with Gasteiger partial charge in [-0.3, -0.25) is 14.5 Å². The third kappa shape index (κ3) is 7.59. The van der Waals surface area contributed by atoms with Gasteiger partial charge in [-0.05, 0) is 47.5 Å². The van der Waals surface area contributed by atoms with Crippen LogP contribution in [0.5, 0.6) is 23.0 Å². The number of benzene rings is 2. The number of phenols is 4. The largest absolute Gasteiger partial charge is 1.00 e. The fraction of sp³-hybridized carbons (Fsp3) is 0.156. The van der Waals surface area contributed by atoms with Crippen LogP contribution in [-0.2, 0) is 25.8 Å². The van der Waals surface area contributed by atoms with Crippen LogP contribution in [0, 0.1) is 0 Å². The van der Waals surface area contributed by atoms with E-state index in [-0.39, 0.29) is 94.3 Å². The van der Waals surface area contributed by atoms with Crippen molar-refractivity contribution in [3.8, 4) is 34.3 Å². The van der Waals surface area contributed by atoms with Crippen molar-refractivity contribution in [1.82, 2.24) is 29.8 Å². The Morgan fingerprint density at radius 3 is 2.51 bits per heavy atom. The van der Waals surface area contributed by atoms with E-state index in [1.54, 1.807) is 28.9 Å². The van der Waals surface area contributed by atoms with Crippen LogP contribution in [0.3, 0.4) is 0 Å². The van der Waals surface area contributed by atoms with E-state index in [0.717, 1.165) is 16.2 Å². The molecular formula is C32H27N8NaO9S3. The third-order valence-corrected chi connectivity index (χ3v) is 11.0. The number of β-lactam (4-membered cyclic amide) rings is 1. The number of nitrogens with two attached hydrogens (primary N) is 1. The van der Waals surface area contributed by atoms with E-state index >= 15 is 0 Å². The van der Waals surface area contributed by atoms with E-state index in [4.69, 9.17) is 10.6 Å². The van der Waals surface area contributed by atoms with Gasteiger partial charge in [-0.1, -0.05) is 11.2 Å². The first-order valence-corrected chi connectivity index (χ1v) is 18.0. The van der Waals surface area contributed by atoms with Gasteiger partial charge in [0, 0.05) is 28.5 Å². The van der Waals surface area contributed by atoms with Crippen LogP contribution in [0.15, 0.2) is 81.6 Å². The Labute approximate surface area is 335 Å². The summed E-state index contributed by atoms with van der Waals surface area (Å²) in [6.07, 6.45) is 1.56. The SMILES string of the molecule is Nc1nc(/C(=N/OCc2ccc(O)c(O)c2)C(=O)N[C@@H]2C(=O)N3C(C(=O)O)=C(CSc4cc(-c5ccc(O)c(O)c5)nc5ccnn45)CS[C@H]23)cs1.[H-].[Na+]. The maximum absolute atomic E-state index is 13.5. The number of anilines is 1. The van der Waals surface area contributed by atoms with E-state index in [0.29, 0.717) is 33.1 Å². The second-order valence-corrected chi connectivity index (χ2v) is 14.3. The average molecular weight is 787 g/mol. The monoisotopic (exact) mass is 786 g/mol. The molecule has 0 saturated carbocycles. The number of aromatic hydroxyl groups is 4. The van der Waals surface area contributed by atoms with Gasteiger partial charge in [-0.25, -0.2) is 19.3 Å². The second-order valence-electron chi connectivity index (χ2n) is 11.3. The summed E-state index contributed by atoms with van der Waals surface area (Å²) >= 11 is 3.63. The van der Waals surface area contributed by atoms with E-state index < -0.39 is 29.2 Å². The minimum atomic E-state index is -1.30. The number of aromatic nitrogens is 4. The molecular weight excluding hydrogens is 760 g/mol. The van der Waals surface area contributed by atoms with Crippen molar-refractivity contribution in [3.05, 3.63) is 82.6 Å². The number of amides is 2. The number of rotatable bonds is 11. The molecule has 268 valence electrons. The maximum Gasteiger partial charge on any atom is 1.00 e. The van der Waals surface area contributed by atoms with Crippen LogP contribution >= 0.6 is 34.9 Å². The van der Waals surface area contributed by atoms with Gasteiger partial charge >= 0.3 is 35.5 Å². The molecule has 2 atom stereocenters. The topological polar surface area (TPSA) is 258 Å². The van der Waals surface area contributed by atoms with Gasteiger partial charge in [0.05, 0.1) is 11.9 Å². The van der Waals surface area contributed by atoms with Crippen LogP contribution < -0.4 is 40.6 Å². The molecule has 1 fully saturated rings. The summed E-state index contributed by atoms with van der Waals surface area (Å²) in [5.41, 5.74) is 7.86. The van der Waals surface area contributed by atoms with Crippen LogP contribution in [0.2, 0.25) is 0 Å². The number of thioether (sulfide) groups is 2. The van der Waals surface area contributed by atoms with Gasteiger partial charge in [-0.2, -0.15) is 5.10 Å². The number of nitrogens with one attached hydrogen (secondary N) is 1. The van der Waals surface area contributed by atoms with E-state index in [2.05, 4.69) is 25.5 Å². The summed E-state index contributed by atoms with van der Waals surface area (Å²) in [7, 11) is 0. The number of carboxylic acids is 1. The van der Waals surface area contributed by atoms with Gasteiger partial charge in [0.2, 0.25) is 0 Å². The first-order valence-electron chi connectivity index (χ1n) is 15.1. The second kappa shape index (κ2) is 15.5. The number of carbonyl (C=O) groups excluding carboxylic acids is 2. The molecule has 0 bridgehead atoms. The minimum absolute atomic E-state index is 0. The smallest absolute Gasteiger partial charge is 1.00 e. The zero-order valence-corrected chi connectivity index (χ0v) is 31.9. The van der Waals surface area contributed by atoms with Gasteiger partial charge in [0.25, 0.3) is 11.8 Å². The Balaban J connectivity index is 0.00000280. The first kappa shape index (κ1) is 37.8. The molecule has 8 N–H and O–H groups in total. The molecule has 5 heterocycles. The molecule has 1 saturated heterocycles. The molecule has 0 aliphatic carbocycles. The molecule has 0 radical (unpaired) electrons. The molecule has 2 aliphatic heterocycles. The molecule has 2 aliphatic rings. The molecule has 53 heavy (non-hydrogen) atoms. The number of aliphatic carboxylic acids is 1. The summed E-state index contributed by atoms with van der Waals surface area (Å²) in [6, 6.07) is 10.7. The van der Waals surface area contributed by atoms with Crippen LogP contribution in [0.1, 0.15) is 12.7 Å². The number of fused-ring (bicyclic) bond motifs is 2. The summed E-state index contributed by atoms with van der Waals surface area (Å²) in [5, 5.41) is 61.7. The molecule has 3 aromatic heterocycles. The van der Waals surface area contributed by atoms with Crippen molar-refractivity contribution >= 4 is 69.1 Å². The number of nitrogen functional groups attached to an aromatic ring is 1. The first-order chi connectivity index (χ1) is 25.0. The normalized spacial score (nSPS) is 16.9. The van der Waals surface area contributed by atoms with Crippen molar-refractivity contribution in [2.24, 2.45) is 5.16 Å². The van der Waals surface area contributed by atoms with Crippen molar-refractivity contribution < 1.29 is 75.7 Å². The Kier molecular flexibility index (Phi) is 11.1. The number of hydrogen-bond acceptors (Lipinski definition) is 16. The number of nitrogens with zero attached hydrogens (tertiary/aromatic N) is 6. The number of carboxylic acid groups (broad SMARTS) is 1. The number of thiazole rings is 1. The molecule has 7 rings (SSSR count). The number of phenolic OH excluding ortho intramolecular Hbond substituents is 4. The summed E-state index contributed by atoms with van der Waals surface area (Å²) in [5.74, 6) is -3.57. The number of carbonyl (C=O) groups is 3. The summed E-state index contributed by atoms with van der Waals surface area (Å²) in [4.78, 5) is 54.7. The van der Waals surface area contributed by atoms with Crippen molar-refractivity contribution in [3.63, 3.8) is 0 Å². The van der Waals surface area contributed by atoms with Crippen molar-refractivity contribution in [1.29, 1.82) is 0 Å². The number of oxime groups is 1. The van der Waals surface area contributed by atoms with Crippen LogP contribution in [-0.4, -0.2) is 96.4 Å². The zero-order valence-electron chi connectivity index (χ0n) is 28.4. The standard InChI is InChI=1S/C32H26N8O9S3.Na.H/c33-32-36-18(13-52-32)25(38-49-10-14-1-3-19(41)21(43)7-14)28(45)37-26-29(46)39-27(31(47)48)16(12-51-30(26)39)11-50-24-9-17(35-23-5-6-34-40(23)24)15-2-4-20(42)22(44)8-15;;/h1-9,13,26,30,41-44H,10-12H2,(H2,33,36)(H,37,45)(H,47,48);;/q;+1;-1/b38-25-;;/t26-,30-;;/m1../s1. The Bertz CT molecular complexity index is 2340. The van der Waals surface area contributed by atoms with E-state index in [9.17, 15) is 39.9 Å². The van der Waals surface area contributed by atoms with Gasteiger partial charge in [0.15, 0.2) is 39.5 Å². The molecule has 5 aromatic rings. The molecule has 17 nitrogen and oxygen atoms in total. The Morgan fingerprint density at radius 1 is 1.06 bits per heavy atom. The minimum Gasteiger partial charge on any atom is -1.00 e. The predicted molar refractivity (Wildman–Crippen MR) is 191 cm³/mol. The van der Waals surface area contributed by atoms with Crippen molar-refractivity contribution in [2.75, 3.05) is 17.2 Å². The Hall–Kier alpha value is -4.99. The molecule has 2 amide bonds. The van der Waals surface area contributed by atoms with Crippen LogP contribution in [0.4, 0.5) is 5.13 Å². The quantitative estimate of drug-likeness (QED) is 0.0174. The molecule has 21 heteroatoms. The molecule has 2 aromatic carbocycles. The third-order valence-electron chi connectivity index (χ3n) is 7.94. The number of hydrogen-bond donors (Lipinski definition) is 7. The maximum atomic E-state index is 13.5. The average Bonchev–Trinajstić information content (AvgIpc) is 3.79. The Morgan fingerprint density at radius 2 is 1.81 bits per heavy atom. The summed E-state index contributed by atoms with van der Waals surface area (Å²) in [6.45, 7) is -0.181. The van der Waals surface area contributed by atoms with E-state index in [1.165, 1.54) is 59.2 Å².